The summed E-state index contributed by atoms with van der Waals surface area (Å²) in [5, 5.41) is 4.66. The molecule has 0 saturated heterocycles. The zero-order valence-electron chi connectivity index (χ0n) is 11.0. The zero-order valence-corrected chi connectivity index (χ0v) is 12.5. The number of hydrogen-bond acceptors (Lipinski definition) is 2. The lowest BCUT2D eigenvalue weighted by Crippen LogP contribution is -2.19. The Balaban J connectivity index is 2.21. The van der Waals surface area contributed by atoms with Crippen molar-refractivity contribution in [1.82, 2.24) is 10.3 Å². The Kier molecular flexibility index (Phi) is 4.81. The molecule has 0 radical (unpaired) electrons. The van der Waals surface area contributed by atoms with Gasteiger partial charge >= 0.3 is 0 Å². The summed E-state index contributed by atoms with van der Waals surface area (Å²) < 4.78 is 0. The van der Waals surface area contributed by atoms with Crippen LogP contribution in [-0.4, -0.2) is 12.0 Å². The van der Waals surface area contributed by atoms with Crippen molar-refractivity contribution < 1.29 is 0 Å². The lowest BCUT2D eigenvalue weighted by Gasteiger charge is -2.17. The number of hydrogen-bond donors (Lipinski definition) is 1. The molecule has 2 rings (SSSR count). The van der Waals surface area contributed by atoms with Gasteiger partial charge in [0.05, 0.1) is 0 Å². The molecule has 2 aromatic rings. The monoisotopic (exact) mass is 294 g/mol. The van der Waals surface area contributed by atoms with Gasteiger partial charge in [-0.2, -0.15) is 0 Å². The van der Waals surface area contributed by atoms with Gasteiger partial charge in [0.1, 0.15) is 0 Å². The molecule has 0 fully saturated rings. The topological polar surface area (TPSA) is 24.9 Å². The maximum Gasteiger partial charge on any atom is 0.0453 e. The average molecular weight is 295 g/mol. The van der Waals surface area contributed by atoms with Gasteiger partial charge in [0.2, 0.25) is 0 Å². The smallest absolute Gasteiger partial charge is 0.0453 e. The molecule has 1 atom stereocenters. The molecule has 1 aromatic heterocycles. The van der Waals surface area contributed by atoms with Crippen molar-refractivity contribution in [3.8, 4) is 0 Å². The highest BCUT2D eigenvalue weighted by molar-refractivity contribution is 6.35. The number of nitrogens with zero attached hydrogens (tertiary/aromatic N) is 1. The maximum absolute atomic E-state index is 6.22. The third-order valence-corrected chi connectivity index (χ3v) is 3.71. The van der Waals surface area contributed by atoms with Crippen molar-refractivity contribution in [3.63, 3.8) is 0 Å². The summed E-state index contributed by atoms with van der Waals surface area (Å²) >= 11 is 12.1. The molecule has 19 heavy (non-hydrogen) atoms. The van der Waals surface area contributed by atoms with Crippen molar-refractivity contribution >= 4 is 23.2 Å². The molecule has 0 aliphatic carbocycles. The third-order valence-electron chi connectivity index (χ3n) is 3.12. The molecule has 4 heteroatoms. The molecule has 1 aromatic carbocycles. The zero-order chi connectivity index (χ0) is 13.8. The minimum absolute atomic E-state index is 0.187. The fraction of sp³-hybridized carbons (Fsp3) is 0.267. The summed E-state index contributed by atoms with van der Waals surface area (Å²) in [6, 6.07) is 9.90. The second kappa shape index (κ2) is 6.38. The van der Waals surface area contributed by atoms with E-state index < -0.39 is 0 Å². The van der Waals surface area contributed by atoms with E-state index in [1.165, 1.54) is 0 Å². The van der Waals surface area contributed by atoms with Crippen molar-refractivity contribution in [2.75, 3.05) is 7.05 Å². The standard InChI is InChI=1S/C15H16Cl2N2/c1-10-3-4-12(9-19-10)15(18-2)7-11-5-6-13(16)8-14(11)17/h3-6,8-9,15,18H,7H2,1-2H3. The Morgan fingerprint density at radius 3 is 2.58 bits per heavy atom. The fourth-order valence-corrected chi connectivity index (χ4v) is 2.46. The predicted molar refractivity (Wildman–Crippen MR) is 80.9 cm³/mol. The van der Waals surface area contributed by atoms with Gasteiger partial charge in [-0.05, 0) is 49.7 Å². The van der Waals surface area contributed by atoms with Crippen LogP contribution in [-0.2, 0) is 6.42 Å². The molecule has 1 unspecified atom stereocenters. The molecule has 1 heterocycles. The Labute approximate surface area is 123 Å². The molecule has 0 aliphatic heterocycles. The number of halogens is 2. The molecular formula is C15H16Cl2N2. The predicted octanol–water partition coefficient (Wildman–Crippen LogP) is 4.20. The number of nitrogens with one attached hydrogen (secondary N) is 1. The average Bonchev–Trinajstić information content (AvgIpc) is 2.39. The number of aromatic nitrogens is 1. The molecule has 0 spiro atoms. The van der Waals surface area contributed by atoms with Gasteiger partial charge in [-0.1, -0.05) is 35.3 Å². The van der Waals surface area contributed by atoms with E-state index in [9.17, 15) is 0 Å². The minimum Gasteiger partial charge on any atom is -0.313 e. The Bertz CT molecular complexity index is 553. The van der Waals surface area contributed by atoms with E-state index in [1.807, 2.05) is 38.4 Å². The van der Waals surface area contributed by atoms with E-state index in [4.69, 9.17) is 23.2 Å². The molecular weight excluding hydrogens is 279 g/mol. The van der Waals surface area contributed by atoms with Crippen LogP contribution in [0.3, 0.4) is 0 Å². The van der Waals surface area contributed by atoms with Gasteiger partial charge in [-0.3, -0.25) is 4.98 Å². The van der Waals surface area contributed by atoms with Gasteiger partial charge < -0.3 is 5.32 Å². The number of likely N-dealkylation sites (N-methyl/N-ethyl adjacent to an activating group) is 1. The van der Waals surface area contributed by atoms with E-state index in [0.29, 0.717) is 10.0 Å². The first-order valence-electron chi connectivity index (χ1n) is 6.14. The van der Waals surface area contributed by atoms with Crippen molar-refractivity contribution in [2.45, 2.75) is 19.4 Å². The van der Waals surface area contributed by atoms with Crippen LogP contribution in [0.25, 0.3) is 0 Å². The largest absolute Gasteiger partial charge is 0.313 e. The highest BCUT2D eigenvalue weighted by Gasteiger charge is 2.12. The van der Waals surface area contributed by atoms with Crippen LogP contribution in [0.4, 0.5) is 0 Å². The van der Waals surface area contributed by atoms with Crippen molar-refractivity contribution in [2.24, 2.45) is 0 Å². The minimum atomic E-state index is 0.187. The summed E-state index contributed by atoms with van der Waals surface area (Å²) in [4.78, 5) is 4.33. The highest BCUT2D eigenvalue weighted by atomic mass is 35.5. The molecule has 100 valence electrons. The first kappa shape index (κ1) is 14.3. The molecule has 2 nitrogen and oxygen atoms in total. The number of rotatable bonds is 4. The molecule has 0 amide bonds. The van der Waals surface area contributed by atoms with Gasteiger partial charge in [0, 0.05) is 28.0 Å². The van der Waals surface area contributed by atoms with E-state index in [-0.39, 0.29) is 6.04 Å². The number of benzene rings is 1. The highest BCUT2D eigenvalue weighted by Crippen LogP contribution is 2.25. The lowest BCUT2D eigenvalue weighted by molar-refractivity contribution is 0.590. The van der Waals surface area contributed by atoms with Gasteiger partial charge in [0.25, 0.3) is 0 Å². The van der Waals surface area contributed by atoms with Gasteiger partial charge in [0.15, 0.2) is 0 Å². The molecule has 0 saturated carbocycles. The first-order valence-corrected chi connectivity index (χ1v) is 6.89. The Hall–Kier alpha value is -1.09. The Morgan fingerprint density at radius 1 is 1.21 bits per heavy atom. The normalized spacial score (nSPS) is 12.4. The van der Waals surface area contributed by atoms with E-state index >= 15 is 0 Å². The summed E-state index contributed by atoms with van der Waals surface area (Å²) in [5.74, 6) is 0. The lowest BCUT2D eigenvalue weighted by atomic mass is 10.00. The van der Waals surface area contributed by atoms with Crippen LogP contribution in [0, 0.1) is 6.92 Å². The van der Waals surface area contributed by atoms with Gasteiger partial charge in [-0.25, -0.2) is 0 Å². The van der Waals surface area contributed by atoms with Crippen LogP contribution >= 0.6 is 23.2 Å². The molecule has 1 N–H and O–H groups in total. The van der Waals surface area contributed by atoms with E-state index in [2.05, 4.69) is 16.4 Å². The number of aryl methyl sites for hydroxylation is 1. The second-order valence-electron chi connectivity index (χ2n) is 4.51. The van der Waals surface area contributed by atoms with Crippen LogP contribution in [0.2, 0.25) is 10.0 Å². The second-order valence-corrected chi connectivity index (χ2v) is 5.36. The summed E-state index contributed by atoms with van der Waals surface area (Å²) in [6.45, 7) is 1.98. The van der Waals surface area contributed by atoms with Crippen molar-refractivity contribution in [1.29, 1.82) is 0 Å². The van der Waals surface area contributed by atoms with Gasteiger partial charge in [-0.15, -0.1) is 0 Å². The van der Waals surface area contributed by atoms with Crippen LogP contribution in [0.5, 0.6) is 0 Å². The number of pyridine rings is 1. The first-order chi connectivity index (χ1) is 9.10. The third kappa shape index (κ3) is 3.69. The summed E-state index contributed by atoms with van der Waals surface area (Å²) in [7, 11) is 1.94. The molecule has 0 bridgehead atoms. The van der Waals surface area contributed by atoms with Crippen molar-refractivity contribution in [3.05, 3.63) is 63.4 Å². The quantitative estimate of drug-likeness (QED) is 0.914. The van der Waals surface area contributed by atoms with E-state index in [1.54, 1.807) is 6.07 Å². The maximum atomic E-state index is 6.22. The van der Waals surface area contributed by atoms with Crippen LogP contribution in [0.15, 0.2) is 36.5 Å². The van der Waals surface area contributed by atoms with E-state index in [0.717, 1.165) is 23.2 Å². The summed E-state index contributed by atoms with van der Waals surface area (Å²) in [5.41, 5.74) is 3.24. The van der Waals surface area contributed by atoms with Crippen LogP contribution in [0.1, 0.15) is 22.9 Å². The fourth-order valence-electron chi connectivity index (χ4n) is 1.98. The molecule has 0 aliphatic rings. The summed E-state index contributed by atoms with van der Waals surface area (Å²) in [6.07, 6.45) is 2.71. The van der Waals surface area contributed by atoms with Crippen LogP contribution < -0.4 is 5.32 Å². The SMILES string of the molecule is CNC(Cc1ccc(Cl)cc1Cl)c1ccc(C)nc1. The Morgan fingerprint density at radius 2 is 2.00 bits per heavy atom.